The first-order chi connectivity index (χ1) is 6.82. The normalized spacial score (nSPS) is 13.7. The van der Waals surface area contributed by atoms with Gasteiger partial charge < -0.3 is 4.55 Å². The van der Waals surface area contributed by atoms with E-state index in [1.165, 1.54) is 19.1 Å². The maximum absolute atomic E-state index is 12.1. The van der Waals surface area contributed by atoms with Gasteiger partial charge in [0, 0.05) is 11.6 Å². The van der Waals surface area contributed by atoms with E-state index >= 15 is 0 Å². The van der Waals surface area contributed by atoms with Crippen LogP contribution in [-0.2, 0) is 11.2 Å². The first kappa shape index (κ1) is 12.1. The lowest BCUT2D eigenvalue weighted by atomic mass is 10.2. The molecule has 1 rings (SSSR count). The maximum Gasteiger partial charge on any atom is 0.578 e. The highest BCUT2D eigenvalue weighted by Gasteiger charge is 2.46. The Morgan fingerprint density at radius 2 is 2.00 bits per heavy atom. The number of Topliss-reactive ketones (excluding diaryl/α,β-unsaturated/α-hetero) is 1. The summed E-state index contributed by atoms with van der Waals surface area (Å²) >= 11 is -3.08. The van der Waals surface area contributed by atoms with Gasteiger partial charge in [0.05, 0.1) is 11.2 Å². The van der Waals surface area contributed by atoms with E-state index < -0.39 is 21.6 Å². The van der Waals surface area contributed by atoms with E-state index in [1.54, 1.807) is 0 Å². The van der Waals surface area contributed by atoms with E-state index in [4.69, 9.17) is 0 Å². The van der Waals surface area contributed by atoms with E-state index in [0.29, 0.717) is 0 Å². The zero-order chi connectivity index (χ0) is 11.6. The van der Waals surface area contributed by atoms with E-state index in [2.05, 4.69) is 0 Å². The Balaban J connectivity index is 3.06. The van der Waals surface area contributed by atoms with Crippen LogP contribution in [0.15, 0.2) is 29.2 Å². The first-order valence-electron chi connectivity index (χ1n) is 3.92. The molecule has 0 bridgehead atoms. The Kier molecular flexibility index (Phi) is 3.41. The molecule has 0 radical (unpaired) electrons. The van der Waals surface area contributed by atoms with Crippen molar-refractivity contribution in [2.24, 2.45) is 0 Å². The summed E-state index contributed by atoms with van der Waals surface area (Å²) in [7, 11) is 0. The third-order valence-electron chi connectivity index (χ3n) is 1.66. The van der Waals surface area contributed by atoms with Gasteiger partial charge in [-0.15, -0.1) is 13.2 Å². The summed E-state index contributed by atoms with van der Waals surface area (Å²) in [6, 6.07) is 4.72. The molecular formula is C9H7F3O2S. The van der Waals surface area contributed by atoms with Crippen molar-refractivity contribution in [1.82, 2.24) is 0 Å². The highest BCUT2D eigenvalue weighted by Crippen LogP contribution is 2.30. The zero-order valence-corrected chi connectivity index (χ0v) is 8.48. The molecule has 0 aliphatic heterocycles. The van der Waals surface area contributed by atoms with Gasteiger partial charge in [-0.05, 0) is 13.0 Å². The minimum absolute atomic E-state index is 0.116. The van der Waals surface area contributed by atoms with Crippen LogP contribution in [0.3, 0.4) is 0 Å². The molecule has 0 aliphatic carbocycles. The molecule has 0 heterocycles. The average Bonchev–Trinajstić information content (AvgIpc) is 2.15. The molecule has 0 aliphatic rings. The molecule has 0 saturated carbocycles. The Bertz CT molecular complexity index is 376. The summed E-state index contributed by atoms with van der Waals surface area (Å²) in [4.78, 5) is 10.5. The number of halogens is 3. The Morgan fingerprint density at radius 1 is 1.40 bits per heavy atom. The molecule has 0 N–H and O–H groups in total. The first-order valence-corrected chi connectivity index (χ1v) is 5.07. The van der Waals surface area contributed by atoms with Gasteiger partial charge in [0.2, 0.25) is 0 Å². The predicted octanol–water partition coefficient (Wildman–Crippen LogP) is 2.52. The largest absolute Gasteiger partial charge is 0.604 e. The van der Waals surface area contributed by atoms with Crippen LogP contribution in [0.2, 0.25) is 0 Å². The SMILES string of the molecule is CC(=O)c1cccc([S+]([O-])C(F)(F)F)c1. The number of ketones is 1. The maximum atomic E-state index is 12.1. The molecule has 1 aromatic carbocycles. The van der Waals surface area contributed by atoms with Gasteiger partial charge in [0.1, 0.15) is 0 Å². The van der Waals surface area contributed by atoms with Crippen molar-refractivity contribution >= 4 is 17.0 Å². The second-order valence-corrected chi connectivity index (χ2v) is 4.27. The number of alkyl halides is 3. The fourth-order valence-electron chi connectivity index (χ4n) is 0.964. The monoisotopic (exact) mass is 236 g/mol. The quantitative estimate of drug-likeness (QED) is 0.584. The lowest BCUT2D eigenvalue weighted by molar-refractivity contribution is -0.0435. The molecule has 2 nitrogen and oxygen atoms in total. The third-order valence-corrected chi connectivity index (χ3v) is 2.77. The molecule has 0 aromatic heterocycles. The smallest absolute Gasteiger partial charge is 0.578 e. The van der Waals surface area contributed by atoms with Gasteiger partial charge in [0.15, 0.2) is 10.7 Å². The predicted molar refractivity (Wildman–Crippen MR) is 48.9 cm³/mol. The van der Waals surface area contributed by atoms with Crippen molar-refractivity contribution in [1.29, 1.82) is 0 Å². The van der Waals surface area contributed by atoms with Crippen molar-refractivity contribution in [3.63, 3.8) is 0 Å². The molecule has 0 amide bonds. The van der Waals surface area contributed by atoms with Crippen LogP contribution in [-0.4, -0.2) is 15.8 Å². The topological polar surface area (TPSA) is 40.1 Å². The summed E-state index contributed by atoms with van der Waals surface area (Å²) in [6.45, 7) is 1.23. The van der Waals surface area contributed by atoms with Crippen LogP contribution in [0.1, 0.15) is 17.3 Å². The van der Waals surface area contributed by atoms with E-state index in [-0.39, 0.29) is 11.3 Å². The molecule has 0 spiro atoms. The Morgan fingerprint density at radius 3 is 2.47 bits per heavy atom. The zero-order valence-electron chi connectivity index (χ0n) is 7.67. The summed E-state index contributed by atoms with van der Waals surface area (Å²) in [5.74, 6) is -0.365. The number of hydrogen-bond acceptors (Lipinski definition) is 2. The highest BCUT2D eigenvalue weighted by atomic mass is 32.2. The lowest BCUT2D eigenvalue weighted by Crippen LogP contribution is -2.23. The molecule has 0 fully saturated rings. The van der Waals surface area contributed by atoms with Gasteiger partial charge >= 0.3 is 5.51 Å². The number of benzene rings is 1. The molecule has 1 atom stereocenters. The fraction of sp³-hybridized carbons (Fsp3) is 0.222. The number of hydrogen-bond donors (Lipinski definition) is 0. The van der Waals surface area contributed by atoms with E-state index in [0.717, 1.165) is 12.1 Å². The molecule has 1 aromatic rings. The van der Waals surface area contributed by atoms with E-state index in [9.17, 15) is 22.5 Å². The van der Waals surface area contributed by atoms with Crippen molar-refractivity contribution in [2.75, 3.05) is 0 Å². The Labute approximate surface area is 87.3 Å². The van der Waals surface area contributed by atoms with Gasteiger partial charge in [-0.3, -0.25) is 4.79 Å². The molecule has 82 valence electrons. The van der Waals surface area contributed by atoms with Crippen LogP contribution in [0.5, 0.6) is 0 Å². The van der Waals surface area contributed by atoms with Crippen LogP contribution in [0.4, 0.5) is 13.2 Å². The third kappa shape index (κ3) is 2.97. The van der Waals surface area contributed by atoms with Crippen molar-refractivity contribution < 1.29 is 22.5 Å². The van der Waals surface area contributed by atoms with Crippen LogP contribution >= 0.6 is 0 Å². The molecule has 6 heteroatoms. The lowest BCUT2D eigenvalue weighted by Gasteiger charge is -2.12. The summed E-state index contributed by atoms with van der Waals surface area (Å²) in [6.07, 6.45) is 0. The molecule has 1 unspecified atom stereocenters. The highest BCUT2D eigenvalue weighted by molar-refractivity contribution is 7.92. The second kappa shape index (κ2) is 4.24. The van der Waals surface area contributed by atoms with Gasteiger partial charge in [-0.1, -0.05) is 12.1 Å². The fourth-order valence-corrected chi connectivity index (χ4v) is 1.67. The van der Waals surface area contributed by atoms with Crippen molar-refractivity contribution in [3.05, 3.63) is 29.8 Å². The number of carbonyl (C=O) groups is 1. The van der Waals surface area contributed by atoms with Crippen molar-refractivity contribution in [2.45, 2.75) is 17.3 Å². The van der Waals surface area contributed by atoms with Crippen LogP contribution in [0, 0.1) is 0 Å². The molecule has 15 heavy (non-hydrogen) atoms. The van der Waals surface area contributed by atoms with Gasteiger partial charge in [-0.25, -0.2) is 0 Å². The minimum Gasteiger partial charge on any atom is -0.604 e. The molecular weight excluding hydrogens is 229 g/mol. The van der Waals surface area contributed by atoms with Crippen molar-refractivity contribution in [3.8, 4) is 0 Å². The van der Waals surface area contributed by atoms with Gasteiger partial charge in [0.25, 0.3) is 0 Å². The second-order valence-electron chi connectivity index (χ2n) is 2.80. The standard InChI is InChI=1S/C9H7F3O2S/c1-6(13)7-3-2-4-8(5-7)15(14)9(10,11)12/h2-5H,1H3. The Hall–Kier alpha value is -1.01. The van der Waals surface area contributed by atoms with E-state index in [1.807, 2.05) is 0 Å². The van der Waals surface area contributed by atoms with Crippen LogP contribution in [0.25, 0.3) is 0 Å². The van der Waals surface area contributed by atoms with Crippen LogP contribution < -0.4 is 0 Å². The summed E-state index contributed by atoms with van der Waals surface area (Å²) in [5, 5.41) is 0. The molecule has 0 saturated heterocycles. The summed E-state index contributed by atoms with van der Waals surface area (Å²) < 4.78 is 47.2. The average molecular weight is 236 g/mol. The summed E-state index contributed by atoms with van der Waals surface area (Å²) in [5.41, 5.74) is -4.68. The number of rotatable bonds is 2. The number of carbonyl (C=O) groups excluding carboxylic acids is 1. The van der Waals surface area contributed by atoms with Gasteiger partial charge in [-0.2, -0.15) is 0 Å². The minimum atomic E-state index is -4.80.